The predicted octanol–water partition coefficient (Wildman–Crippen LogP) is 3.88. The van der Waals surface area contributed by atoms with Crippen LogP contribution in [0.15, 0.2) is 59.2 Å². The number of aromatic amines is 1. The molecule has 1 atom stereocenters. The van der Waals surface area contributed by atoms with Gasteiger partial charge in [-0.2, -0.15) is 9.57 Å². The molecule has 2 N–H and O–H groups in total. The Morgan fingerprint density at radius 3 is 2.44 bits per heavy atom. The van der Waals surface area contributed by atoms with Crippen molar-refractivity contribution in [3.63, 3.8) is 0 Å². The molecule has 1 aromatic heterocycles. The molecule has 1 unspecified atom stereocenters. The minimum Gasteiger partial charge on any atom is -0.509 e. The molecular formula is C25H29N5O3S. The van der Waals surface area contributed by atoms with Gasteiger partial charge in [0, 0.05) is 26.2 Å². The number of allylic oxidation sites excluding steroid dienone is 1. The Labute approximate surface area is 200 Å². The van der Waals surface area contributed by atoms with Crippen molar-refractivity contribution in [2.75, 3.05) is 32.7 Å². The number of aromatic nitrogens is 2. The van der Waals surface area contributed by atoms with Crippen LogP contribution in [0, 0.1) is 11.3 Å². The fourth-order valence-electron chi connectivity index (χ4n) is 4.10. The number of benzene rings is 2. The van der Waals surface area contributed by atoms with E-state index in [0.29, 0.717) is 48.3 Å². The van der Waals surface area contributed by atoms with Crippen molar-refractivity contribution in [2.45, 2.75) is 31.1 Å². The van der Waals surface area contributed by atoms with Crippen LogP contribution in [0.4, 0.5) is 0 Å². The summed E-state index contributed by atoms with van der Waals surface area (Å²) in [5.74, 6) is 0.626. The van der Waals surface area contributed by atoms with Gasteiger partial charge in [-0.25, -0.2) is 13.4 Å². The fourth-order valence-corrected chi connectivity index (χ4v) is 5.52. The lowest BCUT2D eigenvalue weighted by Crippen LogP contribution is -2.49. The maximum atomic E-state index is 13.1. The summed E-state index contributed by atoms with van der Waals surface area (Å²) >= 11 is 0. The fraction of sp³-hybridized carbons (Fsp3) is 0.360. The topological polar surface area (TPSA) is 113 Å². The van der Waals surface area contributed by atoms with Crippen LogP contribution >= 0.6 is 0 Å². The number of sulfonamides is 1. The van der Waals surface area contributed by atoms with Gasteiger partial charge in [0.1, 0.15) is 17.4 Å². The Hall–Kier alpha value is -3.19. The SMILES string of the molecule is CCC(C)c1ccc(S(=O)(=O)N2CCN(C/C(O)=C(\C#N)c3nc4ccccc4[nH]3)CC2)cc1. The van der Waals surface area contributed by atoms with Gasteiger partial charge >= 0.3 is 0 Å². The van der Waals surface area contributed by atoms with Crippen molar-refractivity contribution in [3.05, 3.63) is 65.7 Å². The van der Waals surface area contributed by atoms with Gasteiger partial charge in [-0.3, -0.25) is 4.90 Å². The molecule has 9 heteroatoms. The molecule has 0 aliphatic carbocycles. The number of fused-ring (bicyclic) bond motifs is 1. The molecule has 1 fully saturated rings. The molecule has 34 heavy (non-hydrogen) atoms. The summed E-state index contributed by atoms with van der Waals surface area (Å²) in [6, 6.07) is 16.6. The van der Waals surface area contributed by atoms with Crippen molar-refractivity contribution in [1.82, 2.24) is 19.2 Å². The molecule has 0 radical (unpaired) electrons. The second-order valence-corrected chi connectivity index (χ2v) is 10.5. The summed E-state index contributed by atoms with van der Waals surface area (Å²) in [5.41, 5.74) is 2.72. The lowest BCUT2D eigenvalue weighted by molar-refractivity contribution is 0.182. The molecule has 178 valence electrons. The minimum atomic E-state index is -3.58. The van der Waals surface area contributed by atoms with Crippen LogP contribution in [-0.2, 0) is 10.0 Å². The van der Waals surface area contributed by atoms with Crippen LogP contribution in [0.3, 0.4) is 0 Å². The Morgan fingerprint density at radius 1 is 1.15 bits per heavy atom. The molecular weight excluding hydrogens is 450 g/mol. The number of aliphatic hydroxyl groups excluding tert-OH is 1. The van der Waals surface area contributed by atoms with E-state index in [1.165, 1.54) is 4.31 Å². The number of aliphatic hydroxyl groups is 1. The largest absolute Gasteiger partial charge is 0.509 e. The first-order valence-corrected chi connectivity index (χ1v) is 12.9. The number of para-hydroxylation sites is 2. The van der Waals surface area contributed by atoms with Crippen molar-refractivity contribution in [1.29, 1.82) is 5.26 Å². The number of nitrogens with one attached hydrogen (secondary N) is 1. The van der Waals surface area contributed by atoms with E-state index in [-0.39, 0.29) is 17.9 Å². The van der Waals surface area contributed by atoms with E-state index in [1.54, 1.807) is 12.1 Å². The molecule has 2 aromatic carbocycles. The predicted molar refractivity (Wildman–Crippen MR) is 132 cm³/mol. The maximum Gasteiger partial charge on any atom is 0.243 e. The summed E-state index contributed by atoms with van der Waals surface area (Å²) in [6.45, 7) is 5.92. The standard InChI is InChI=1S/C25H29N5O3S/c1-3-18(2)19-8-10-20(11-9-19)34(32,33)30-14-12-29(13-15-30)17-24(31)21(16-26)25-27-22-6-4-5-7-23(22)28-25/h4-11,18,31H,3,12-15,17H2,1-2H3,(H,27,28)/b24-21-. The lowest BCUT2D eigenvalue weighted by atomic mass is 9.99. The van der Waals surface area contributed by atoms with Gasteiger partial charge in [0.05, 0.1) is 22.5 Å². The van der Waals surface area contributed by atoms with E-state index in [0.717, 1.165) is 17.5 Å². The molecule has 8 nitrogen and oxygen atoms in total. The van der Waals surface area contributed by atoms with Crippen LogP contribution in [0.2, 0.25) is 0 Å². The first-order chi connectivity index (χ1) is 16.3. The zero-order valence-electron chi connectivity index (χ0n) is 19.4. The molecule has 0 bridgehead atoms. The number of imidazole rings is 1. The second-order valence-electron chi connectivity index (χ2n) is 8.59. The van der Waals surface area contributed by atoms with E-state index in [2.05, 4.69) is 23.8 Å². The number of nitrogens with zero attached hydrogens (tertiary/aromatic N) is 4. The van der Waals surface area contributed by atoms with Crippen LogP contribution < -0.4 is 0 Å². The van der Waals surface area contributed by atoms with Crippen LogP contribution in [-0.4, -0.2) is 65.4 Å². The van der Waals surface area contributed by atoms with Gasteiger partial charge in [-0.15, -0.1) is 0 Å². The summed E-state index contributed by atoms with van der Waals surface area (Å²) in [6.07, 6.45) is 0.999. The third-order valence-corrected chi connectivity index (χ3v) is 8.34. The van der Waals surface area contributed by atoms with Gasteiger partial charge < -0.3 is 10.1 Å². The molecule has 3 aromatic rings. The van der Waals surface area contributed by atoms with Crippen molar-refractivity contribution in [3.8, 4) is 6.07 Å². The highest BCUT2D eigenvalue weighted by Gasteiger charge is 2.29. The summed E-state index contributed by atoms with van der Waals surface area (Å²) < 4.78 is 27.6. The zero-order chi connectivity index (χ0) is 24.3. The monoisotopic (exact) mass is 479 g/mol. The molecule has 0 amide bonds. The van der Waals surface area contributed by atoms with Crippen molar-refractivity contribution in [2.24, 2.45) is 0 Å². The summed E-state index contributed by atoms with van der Waals surface area (Å²) in [7, 11) is -3.58. The average molecular weight is 480 g/mol. The first-order valence-electron chi connectivity index (χ1n) is 11.4. The smallest absolute Gasteiger partial charge is 0.243 e. The lowest BCUT2D eigenvalue weighted by Gasteiger charge is -2.33. The third-order valence-electron chi connectivity index (χ3n) is 6.43. The molecule has 0 spiro atoms. The van der Waals surface area contributed by atoms with E-state index in [9.17, 15) is 18.8 Å². The number of H-pyrrole nitrogens is 1. The van der Waals surface area contributed by atoms with Gasteiger partial charge in [-0.05, 0) is 42.2 Å². The summed E-state index contributed by atoms with van der Waals surface area (Å²) in [4.78, 5) is 9.70. The zero-order valence-corrected chi connectivity index (χ0v) is 20.2. The van der Waals surface area contributed by atoms with Gasteiger partial charge in [0.2, 0.25) is 10.0 Å². The average Bonchev–Trinajstić information content (AvgIpc) is 3.28. The van der Waals surface area contributed by atoms with E-state index < -0.39 is 10.0 Å². The number of piperazine rings is 1. The van der Waals surface area contributed by atoms with E-state index in [4.69, 9.17) is 0 Å². The van der Waals surface area contributed by atoms with Crippen LogP contribution in [0.25, 0.3) is 16.6 Å². The Kier molecular flexibility index (Phi) is 7.03. The Bertz CT molecular complexity index is 1300. The van der Waals surface area contributed by atoms with Gasteiger partial charge in [0.25, 0.3) is 0 Å². The van der Waals surface area contributed by atoms with Gasteiger partial charge in [-0.1, -0.05) is 38.1 Å². The normalized spacial score (nSPS) is 17.3. The van der Waals surface area contributed by atoms with Crippen LogP contribution in [0.1, 0.15) is 37.6 Å². The molecule has 0 saturated carbocycles. The number of hydrogen-bond donors (Lipinski definition) is 2. The Morgan fingerprint density at radius 2 is 1.82 bits per heavy atom. The molecule has 1 aliphatic heterocycles. The van der Waals surface area contributed by atoms with Crippen LogP contribution in [0.5, 0.6) is 0 Å². The minimum absolute atomic E-state index is 0.0847. The van der Waals surface area contributed by atoms with Crippen molar-refractivity contribution >= 4 is 26.6 Å². The highest BCUT2D eigenvalue weighted by Crippen LogP contribution is 2.24. The number of nitriles is 1. The van der Waals surface area contributed by atoms with Crippen molar-refractivity contribution < 1.29 is 13.5 Å². The first kappa shape index (κ1) is 24.0. The summed E-state index contributed by atoms with van der Waals surface area (Å²) in [5, 5.41) is 20.3. The maximum absolute atomic E-state index is 13.1. The Balaban J connectivity index is 1.42. The van der Waals surface area contributed by atoms with E-state index in [1.807, 2.05) is 47.4 Å². The molecule has 1 saturated heterocycles. The number of hydrogen-bond acceptors (Lipinski definition) is 6. The molecule has 1 aliphatic rings. The quantitative estimate of drug-likeness (QED) is 0.393. The molecule has 4 rings (SSSR count). The highest BCUT2D eigenvalue weighted by molar-refractivity contribution is 7.89. The van der Waals surface area contributed by atoms with Gasteiger partial charge in [0.15, 0.2) is 5.82 Å². The van der Waals surface area contributed by atoms with E-state index >= 15 is 0 Å². The highest BCUT2D eigenvalue weighted by atomic mass is 32.2. The second kappa shape index (κ2) is 9.97. The molecule has 2 heterocycles. The number of rotatable bonds is 7. The third kappa shape index (κ3) is 4.85.